The molecule has 0 radical (unpaired) electrons. The second-order valence-electron chi connectivity index (χ2n) is 4.07. The van der Waals surface area contributed by atoms with Crippen LogP contribution in [0.4, 0.5) is 5.69 Å². The molecule has 106 valence electrons. The van der Waals surface area contributed by atoms with Crippen LogP contribution in [0.15, 0.2) is 47.5 Å². The van der Waals surface area contributed by atoms with Crippen molar-refractivity contribution in [3.8, 4) is 5.75 Å². The van der Waals surface area contributed by atoms with E-state index in [1.165, 1.54) is 25.4 Å². The number of pyridine rings is 1. The van der Waals surface area contributed by atoms with Crippen molar-refractivity contribution in [1.29, 1.82) is 0 Å². The molecule has 2 aromatic rings. The number of benzene rings is 1. The number of para-hydroxylation sites is 1. The standard InChI is InChI=1S/C13H15N3O3S/c1-14-20(18,19)13-5-3-2-4-12(13)16-8-10-6-7-11(17)9-15-10/h2-7,9,14,16-17H,8H2,1H3. The maximum atomic E-state index is 11.9. The number of rotatable bonds is 5. The molecular weight excluding hydrogens is 278 g/mol. The molecule has 1 aromatic heterocycles. The van der Waals surface area contributed by atoms with Crippen LogP contribution in [0.5, 0.6) is 5.75 Å². The Morgan fingerprint density at radius 3 is 2.60 bits per heavy atom. The average molecular weight is 293 g/mol. The molecule has 0 aliphatic rings. The third-order valence-corrected chi connectivity index (χ3v) is 4.19. The van der Waals surface area contributed by atoms with Crippen LogP contribution in [0.3, 0.4) is 0 Å². The molecule has 0 saturated carbocycles. The maximum absolute atomic E-state index is 11.9. The lowest BCUT2D eigenvalue weighted by atomic mass is 10.3. The molecule has 0 spiro atoms. The summed E-state index contributed by atoms with van der Waals surface area (Å²) in [6.07, 6.45) is 1.34. The first-order valence-electron chi connectivity index (χ1n) is 5.93. The molecule has 6 nitrogen and oxygen atoms in total. The van der Waals surface area contributed by atoms with Crippen molar-refractivity contribution in [3.05, 3.63) is 48.3 Å². The normalized spacial score (nSPS) is 11.2. The monoisotopic (exact) mass is 293 g/mol. The molecule has 0 atom stereocenters. The molecule has 0 unspecified atom stereocenters. The van der Waals surface area contributed by atoms with Crippen LogP contribution in [0, 0.1) is 0 Å². The topological polar surface area (TPSA) is 91.3 Å². The fourth-order valence-electron chi connectivity index (χ4n) is 1.66. The number of nitrogens with one attached hydrogen (secondary N) is 2. The molecule has 0 saturated heterocycles. The second-order valence-corrected chi connectivity index (χ2v) is 5.92. The number of nitrogens with zero attached hydrogens (tertiary/aromatic N) is 1. The molecule has 2 rings (SSSR count). The zero-order valence-electron chi connectivity index (χ0n) is 10.9. The SMILES string of the molecule is CNS(=O)(=O)c1ccccc1NCc1ccc(O)cn1. The fourth-order valence-corrected chi connectivity index (χ4v) is 2.57. The van der Waals surface area contributed by atoms with E-state index in [9.17, 15) is 8.42 Å². The second kappa shape index (κ2) is 5.89. The van der Waals surface area contributed by atoms with Gasteiger partial charge < -0.3 is 10.4 Å². The Labute approximate surface area is 117 Å². The molecule has 0 aliphatic carbocycles. The first kappa shape index (κ1) is 14.3. The third kappa shape index (κ3) is 3.25. The van der Waals surface area contributed by atoms with E-state index in [-0.39, 0.29) is 10.6 Å². The van der Waals surface area contributed by atoms with E-state index >= 15 is 0 Å². The molecule has 20 heavy (non-hydrogen) atoms. The van der Waals surface area contributed by atoms with E-state index in [2.05, 4.69) is 15.0 Å². The van der Waals surface area contributed by atoms with Gasteiger partial charge in [0.15, 0.2) is 0 Å². The minimum Gasteiger partial charge on any atom is -0.506 e. The Balaban J connectivity index is 2.20. The molecule has 0 fully saturated rings. The predicted octanol–water partition coefficient (Wildman–Crippen LogP) is 1.31. The van der Waals surface area contributed by atoms with Crippen LogP contribution in [-0.4, -0.2) is 25.6 Å². The lowest BCUT2D eigenvalue weighted by Crippen LogP contribution is -2.20. The summed E-state index contributed by atoms with van der Waals surface area (Å²) in [7, 11) is -2.14. The van der Waals surface area contributed by atoms with Crippen molar-refractivity contribution < 1.29 is 13.5 Å². The van der Waals surface area contributed by atoms with Crippen LogP contribution in [0.1, 0.15) is 5.69 Å². The number of aromatic nitrogens is 1. The Bertz CT molecular complexity index is 684. The van der Waals surface area contributed by atoms with E-state index in [0.717, 1.165) is 0 Å². The summed E-state index contributed by atoms with van der Waals surface area (Å²) < 4.78 is 26.0. The summed E-state index contributed by atoms with van der Waals surface area (Å²) in [4.78, 5) is 4.21. The summed E-state index contributed by atoms with van der Waals surface area (Å²) in [5, 5.41) is 12.2. The van der Waals surface area contributed by atoms with Gasteiger partial charge in [0.1, 0.15) is 10.6 Å². The lowest BCUT2D eigenvalue weighted by molar-refractivity contribution is 0.472. The van der Waals surface area contributed by atoms with Gasteiger partial charge in [-0.1, -0.05) is 12.1 Å². The predicted molar refractivity (Wildman–Crippen MR) is 75.9 cm³/mol. The highest BCUT2D eigenvalue weighted by atomic mass is 32.2. The van der Waals surface area contributed by atoms with Crippen molar-refractivity contribution >= 4 is 15.7 Å². The van der Waals surface area contributed by atoms with Crippen LogP contribution in [-0.2, 0) is 16.6 Å². The summed E-state index contributed by atoms with van der Waals surface area (Å²) >= 11 is 0. The highest BCUT2D eigenvalue weighted by molar-refractivity contribution is 7.89. The van der Waals surface area contributed by atoms with Gasteiger partial charge in [0, 0.05) is 0 Å². The van der Waals surface area contributed by atoms with Crippen molar-refractivity contribution in [1.82, 2.24) is 9.71 Å². The Kier molecular flexibility index (Phi) is 4.21. The van der Waals surface area contributed by atoms with Crippen molar-refractivity contribution in [2.45, 2.75) is 11.4 Å². The van der Waals surface area contributed by atoms with E-state index < -0.39 is 10.0 Å². The van der Waals surface area contributed by atoms with Gasteiger partial charge >= 0.3 is 0 Å². The fraction of sp³-hybridized carbons (Fsp3) is 0.154. The Hall–Kier alpha value is -2.12. The van der Waals surface area contributed by atoms with Gasteiger partial charge in [0.2, 0.25) is 10.0 Å². The quantitative estimate of drug-likeness (QED) is 0.773. The largest absolute Gasteiger partial charge is 0.506 e. The molecular formula is C13H15N3O3S. The van der Waals surface area contributed by atoms with Crippen LogP contribution < -0.4 is 10.0 Å². The summed E-state index contributed by atoms with van der Waals surface area (Å²) in [5.74, 6) is 0.0897. The summed E-state index contributed by atoms with van der Waals surface area (Å²) in [6.45, 7) is 0.358. The lowest BCUT2D eigenvalue weighted by Gasteiger charge is -2.11. The van der Waals surface area contributed by atoms with Gasteiger partial charge in [0.05, 0.1) is 24.1 Å². The van der Waals surface area contributed by atoms with E-state index in [1.807, 2.05) is 0 Å². The number of hydrogen-bond acceptors (Lipinski definition) is 5. The Morgan fingerprint density at radius 1 is 1.20 bits per heavy atom. The molecule has 0 aliphatic heterocycles. The van der Waals surface area contributed by atoms with Gasteiger partial charge in [-0.2, -0.15) is 0 Å². The van der Waals surface area contributed by atoms with Gasteiger partial charge in [-0.3, -0.25) is 4.98 Å². The Morgan fingerprint density at radius 2 is 1.95 bits per heavy atom. The molecule has 0 amide bonds. The zero-order chi connectivity index (χ0) is 14.6. The van der Waals surface area contributed by atoms with Gasteiger partial charge in [-0.25, -0.2) is 13.1 Å². The van der Waals surface area contributed by atoms with E-state index in [4.69, 9.17) is 5.11 Å². The van der Waals surface area contributed by atoms with Crippen LogP contribution >= 0.6 is 0 Å². The van der Waals surface area contributed by atoms with Gasteiger partial charge in [0.25, 0.3) is 0 Å². The highest BCUT2D eigenvalue weighted by Gasteiger charge is 2.15. The van der Waals surface area contributed by atoms with Crippen molar-refractivity contribution in [3.63, 3.8) is 0 Å². The first-order chi connectivity index (χ1) is 9.53. The average Bonchev–Trinajstić information content (AvgIpc) is 2.47. The van der Waals surface area contributed by atoms with Gasteiger partial charge in [-0.15, -0.1) is 0 Å². The summed E-state index contributed by atoms with van der Waals surface area (Å²) in [5.41, 5.74) is 1.19. The zero-order valence-corrected chi connectivity index (χ0v) is 11.7. The maximum Gasteiger partial charge on any atom is 0.242 e. The number of aromatic hydroxyl groups is 1. The van der Waals surface area contributed by atoms with Crippen molar-refractivity contribution in [2.75, 3.05) is 12.4 Å². The molecule has 1 heterocycles. The third-order valence-electron chi connectivity index (χ3n) is 2.71. The van der Waals surface area contributed by atoms with Gasteiger partial charge in [-0.05, 0) is 31.3 Å². The first-order valence-corrected chi connectivity index (χ1v) is 7.41. The molecule has 0 bridgehead atoms. The summed E-state index contributed by atoms with van der Waals surface area (Å²) in [6, 6.07) is 9.82. The smallest absolute Gasteiger partial charge is 0.242 e. The number of sulfonamides is 1. The minimum absolute atomic E-state index is 0.0897. The van der Waals surface area contributed by atoms with Crippen LogP contribution in [0.2, 0.25) is 0 Å². The van der Waals surface area contributed by atoms with E-state index in [1.54, 1.807) is 24.3 Å². The van der Waals surface area contributed by atoms with Crippen molar-refractivity contribution in [2.24, 2.45) is 0 Å². The molecule has 1 aromatic carbocycles. The molecule has 3 N–H and O–H groups in total. The van der Waals surface area contributed by atoms with E-state index in [0.29, 0.717) is 17.9 Å². The highest BCUT2D eigenvalue weighted by Crippen LogP contribution is 2.21. The minimum atomic E-state index is -3.51. The van der Waals surface area contributed by atoms with Crippen LogP contribution in [0.25, 0.3) is 0 Å². The number of hydrogen-bond donors (Lipinski definition) is 3. The number of anilines is 1. The molecule has 7 heteroatoms.